The Morgan fingerprint density at radius 1 is 1.09 bits per heavy atom. The van der Waals surface area contributed by atoms with Gasteiger partial charge in [-0.15, -0.1) is 0 Å². The minimum absolute atomic E-state index is 0.00826. The molecule has 2 aromatic carbocycles. The van der Waals surface area contributed by atoms with Crippen molar-refractivity contribution in [2.45, 2.75) is 32.0 Å². The van der Waals surface area contributed by atoms with Gasteiger partial charge >= 0.3 is 5.69 Å². The third-order valence-corrected chi connectivity index (χ3v) is 5.82. The molecule has 4 aromatic rings. The second kappa shape index (κ2) is 8.47. The Bertz CT molecular complexity index is 1430. The van der Waals surface area contributed by atoms with Gasteiger partial charge in [-0.25, -0.2) is 14.3 Å². The molecule has 2 aromatic heterocycles. The van der Waals surface area contributed by atoms with Crippen molar-refractivity contribution in [3.05, 3.63) is 97.4 Å². The number of para-hydroxylation sites is 1. The Labute approximate surface area is 187 Å². The average molecular weight is 447 g/mol. The van der Waals surface area contributed by atoms with E-state index >= 15 is 0 Å². The van der Waals surface area contributed by atoms with Crippen molar-refractivity contribution in [3.63, 3.8) is 0 Å². The number of non-ortho nitro benzene ring substituents is 1. The van der Waals surface area contributed by atoms with Crippen molar-refractivity contribution in [1.29, 1.82) is 0 Å². The van der Waals surface area contributed by atoms with Crippen LogP contribution in [0.1, 0.15) is 18.4 Å². The van der Waals surface area contributed by atoms with E-state index in [0.29, 0.717) is 12.3 Å². The van der Waals surface area contributed by atoms with E-state index in [-0.39, 0.29) is 36.0 Å². The van der Waals surface area contributed by atoms with Crippen LogP contribution in [0.3, 0.4) is 0 Å². The average Bonchev–Trinajstić information content (AvgIpc) is 3.48. The standard InChI is InChI=1S/C23H21N5O5/c29-22-20-21(24-15-25(20)13-16-8-10-18(11-9-16)28(31)32)27(17-5-2-1-3-6-17)23(30)26(22)14-19-7-4-12-33-19/h1-3,5-6,8-11,15,19H,4,7,12-14H2. The third kappa shape index (κ3) is 3.85. The second-order valence-electron chi connectivity index (χ2n) is 7.97. The highest BCUT2D eigenvalue weighted by Gasteiger charge is 2.23. The first-order valence-corrected chi connectivity index (χ1v) is 10.6. The molecule has 0 radical (unpaired) electrons. The summed E-state index contributed by atoms with van der Waals surface area (Å²) in [6, 6.07) is 15.2. The monoisotopic (exact) mass is 447 g/mol. The Morgan fingerprint density at radius 3 is 2.52 bits per heavy atom. The van der Waals surface area contributed by atoms with Crippen molar-refractivity contribution < 1.29 is 9.66 Å². The molecule has 0 saturated carbocycles. The van der Waals surface area contributed by atoms with Gasteiger partial charge in [-0.1, -0.05) is 30.3 Å². The van der Waals surface area contributed by atoms with E-state index in [1.54, 1.807) is 28.8 Å². The first-order valence-electron chi connectivity index (χ1n) is 10.6. The molecule has 10 nitrogen and oxygen atoms in total. The van der Waals surface area contributed by atoms with Crippen LogP contribution in [0.2, 0.25) is 0 Å². The highest BCUT2D eigenvalue weighted by atomic mass is 16.6. The number of nitrogens with zero attached hydrogens (tertiary/aromatic N) is 5. The molecule has 10 heteroatoms. The van der Waals surface area contributed by atoms with E-state index in [1.807, 2.05) is 18.2 Å². The smallest absolute Gasteiger partial charge is 0.337 e. The Balaban J connectivity index is 1.66. The Kier molecular flexibility index (Phi) is 5.35. The number of hydrogen-bond donors (Lipinski definition) is 0. The van der Waals surface area contributed by atoms with Gasteiger partial charge in [0.25, 0.3) is 11.2 Å². The number of hydrogen-bond acceptors (Lipinski definition) is 6. The molecule has 5 rings (SSSR count). The molecular weight excluding hydrogens is 426 g/mol. The fraction of sp³-hybridized carbons (Fsp3) is 0.261. The number of benzene rings is 2. The van der Waals surface area contributed by atoms with Crippen molar-refractivity contribution in [2.24, 2.45) is 0 Å². The summed E-state index contributed by atoms with van der Waals surface area (Å²) in [5, 5.41) is 10.9. The molecular formula is C23H21N5O5. The van der Waals surface area contributed by atoms with E-state index in [1.165, 1.54) is 27.6 Å². The van der Waals surface area contributed by atoms with Crippen molar-refractivity contribution in [3.8, 4) is 5.69 Å². The van der Waals surface area contributed by atoms with Gasteiger partial charge in [0.15, 0.2) is 11.2 Å². The number of nitro groups is 1. The third-order valence-electron chi connectivity index (χ3n) is 5.82. The van der Waals surface area contributed by atoms with Crippen molar-refractivity contribution in [1.82, 2.24) is 18.7 Å². The van der Waals surface area contributed by atoms with Gasteiger partial charge < -0.3 is 9.30 Å². The lowest BCUT2D eigenvalue weighted by molar-refractivity contribution is -0.384. The molecule has 1 atom stereocenters. The molecule has 1 fully saturated rings. The van der Waals surface area contributed by atoms with E-state index in [2.05, 4.69) is 4.98 Å². The number of imidazole rings is 1. The normalized spacial score (nSPS) is 15.8. The second-order valence-corrected chi connectivity index (χ2v) is 7.97. The summed E-state index contributed by atoms with van der Waals surface area (Å²) in [7, 11) is 0. The summed E-state index contributed by atoms with van der Waals surface area (Å²) in [6.45, 7) is 1.06. The fourth-order valence-electron chi connectivity index (χ4n) is 4.18. The SMILES string of the molecule is O=c1c2c(ncn2Cc2ccc([N+](=O)[O-])cc2)n(-c2ccccc2)c(=O)n1CC1CCCO1. The molecule has 0 aliphatic carbocycles. The van der Waals surface area contributed by atoms with Crippen LogP contribution in [0.15, 0.2) is 70.5 Å². The van der Waals surface area contributed by atoms with Crippen LogP contribution < -0.4 is 11.2 Å². The number of ether oxygens (including phenoxy) is 1. The van der Waals surface area contributed by atoms with Gasteiger partial charge in [0.1, 0.15) is 0 Å². The van der Waals surface area contributed by atoms with E-state index in [9.17, 15) is 19.7 Å². The van der Waals surface area contributed by atoms with E-state index in [4.69, 9.17) is 4.74 Å². The van der Waals surface area contributed by atoms with Gasteiger partial charge in [0.05, 0.1) is 29.6 Å². The summed E-state index contributed by atoms with van der Waals surface area (Å²) in [5.74, 6) is 0. The lowest BCUT2D eigenvalue weighted by Crippen LogP contribution is -2.42. The topological polar surface area (TPSA) is 114 Å². The lowest BCUT2D eigenvalue weighted by atomic mass is 10.2. The van der Waals surface area contributed by atoms with Crippen LogP contribution in [-0.4, -0.2) is 36.3 Å². The maximum absolute atomic E-state index is 13.5. The Morgan fingerprint density at radius 2 is 1.85 bits per heavy atom. The largest absolute Gasteiger partial charge is 0.376 e. The van der Waals surface area contributed by atoms with Crippen LogP contribution in [0.4, 0.5) is 5.69 Å². The Hall–Kier alpha value is -4.05. The molecule has 0 spiro atoms. The minimum atomic E-state index is -0.463. The van der Waals surface area contributed by atoms with Gasteiger partial charge in [0.2, 0.25) is 0 Å². The molecule has 1 saturated heterocycles. The maximum Gasteiger partial charge on any atom is 0.337 e. The zero-order valence-corrected chi connectivity index (χ0v) is 17.7. The molecule has 168 valence electrons. The van der Waals surface area contributed by atoms with Gasteiger partial charge in [-0.05, 0) is 30.5 Å². The van der Waals surface area contributed by atoms with Crippen LogP contribution in [0.5, 0.6) is 0 Å². The quantitative estimate of drug-likeness (QED) is 0.331. The first-order chi connectivity index (χ1) is 16.0. The first kappa shape index (κ1) is 20.8. The van der Waals surface area contributed by atoms with Gasteiger partial charge in [-0.3, -0.25) is 19.5 Å². The summed E-state index contributed by atoms with van der Waals surface area (Å²) in [6.07, 6.45) is 3.01. The highest BCUT2D eigenvalue weighted by molar-refractivity contribution is 5.72. The number of rotatable bonds is 6. The van der Waals surface area contributed by atoms with Crippen molar-refractivity contribution in [2.75, 3.05) is 6.61 Å². The summed E-state index contributed by atoms with van der Waals surface area (Å²) in [5.41, 5.74) is 1.02. The maximum atomic E-state index is 13.5. The fourth-order valence-corrected chi connectivity index (χ4v) is 4.18. The van der Waals surface area contributed by atoms with Crippen LogP contribution in [0.25, 0.3) is 16.9 Å². The predicted molar refractivity (Wildman–Crippen MR) is 121 cm³/mol. The van der Waals surface area contributed by atoms with Crippen molar-refractivity contribution >= 4 is 16.9 Å². The number of aromatic nitrogens is 4. The molecule has 1 aliphatic rings. The molecule has 0 N–H and O–H groups in total. The number of nitro benzene ring substituents is 1. The van der Waals surface area contributed by atoms with Gasteiger partial charge in [-0.2, -0.15) is 0 Å². The summed E-state index contributed by atoms with van der Waals surface area (Å²) < 4.78 is 10.0. The lowest BCUT2D eigenvalue weighted by Gasteiger charge is -2.15. The van der Waals surface area contributed by atoms with E-state index in [0.717, 1.165) is 18.4 Å². The molecule has 33 heavy (non-hydrogen) atoms. The molecule has 1 unspecified atom stereocenters. The predicted octanol–water partition coefficient (Wildman–Crippen LogP) is 2.48. The molecule has 0 bridgehead atoms. The van der Waals surface area contributed by atoms with Crippen LogP contribution in [-0.2, 0) is 17.8 Å². The zero-order valence-electron chi connectivity index (χ0n) is 17.7. The molecule has 0 amide bonds. The summed E-state index contributed by atoms with van der Waals surface area (Å²) >= 11 is 0. The van der Waals surface area contributed by atoms with Gasteiger partial charge in [0, 0.05) is 25.3 Å². The zero-order chi connectivity index (χ0) is 22.9. The van der Waals surface area contributed by atoms with E-state index < -0.39 is 16.2 Å². The molecule has 1 aliphatic heterocycles. The van der Waals surface area contributed by atoms with Crippen LogP contribution in [0, 0.1) is 10.1 Å². The highest BCUT2D eigenvalue weighted by Crippen LogP contribution is 2.18. The molecule has 3 heterocycles. The number of fused-ring (bicyclic) bond motifs is 1. The van der Waals surface area contributed by atoms with Crippen LogP contribution >= 0.6 is 0 Å². The summed E-state index contributed by atoms with van der Waals surface area (Å²) in [4.78, 5) is 41.8. The minimum Gasteiger partial charge on any atom is -0.376 e.